The number of aromatic nitrogens is 1. The third-order valence-corrected chi connectivity index (χ3v) is 3.06. The molecule has 1 aromatic heterocycles. The van der Waals surface area contributed by atoms with E-state index in [4.69, 9.17) is 4.74 Å². The molecule has 0 fully saturated rings. The Labute approximate surface area is 118 Å². The molecule has 20 heavy (non-hydrogen) atoms. The van der Waals surface area contributed by atoms with E-state index in [1.54, 1.807) is 12.3 Å². The minimum absolute atomic E-state index is 0.0177. The maximum absolute atomic E-state index is 13.4. The summed E-state index contributed by atoms with van der Waals surface area (Å²) in [6, 6.07) is 8.31. The molecule has 0 radical (unpaired) electrons. The van der Waals surface area contributed by atoms with Crippen LogP contribution in [-0.2, 0) is 0 Å². The van der Waals surface area contributed by atoms with Crippen LogP contribution in [0.1, 0.15) is 31.1 Å². The molecule has 0 spiro atoms. The van der Waals surface area contributed by atoms with Crippen LogP contribution in [0, 0.1) is 12.7 Å². The van der Waals surface area contributed by atoms with Crippen LogP contribution in [0.4, 0.5) is 4.39 Å². The van der Waals surface area contributed by atoms with Gasteiger partial charge in [0.15, 0.2) is 0 Å². The fraction of sp³-hybridized carbons (Fsp3) is 0.312. The fourth-order valence-electron chi connectivity index (χ4n) is 2.01. The molecule has 0 amide bonds. The predicted molar refractivity (Wildman–Crippen MR) is 77.5 cm³/mol. The average molecular weight is 274 g/mol. The largest absolute Gasteiger partial charge is 0.455 e. The Balaban J connectivity index is 2.28. The number of benzene rings is 1. The van der Waals surface area contributed by atoms with Crippen molar-refractivity contribution >= 4 is 0 Å². The average Bonchev–Trinajstić information content (AvgIpc) is 2.43. The van der Waals surface area contributed by atoms with E-state index >= 15 is 0 Å². The van der Waals surface area contributed by atoms with Crippen molar-refractivity contribution in [1.82, 2.24) is 10.3 Å². The van der Waals surface area contributed by atoms with Gasteiger partial charge < -0.3 is 10.1 Å². The Hall–Kier alpha value is -1.94. The lowest BCUT2D eigenvalue weighted by Gasteiger charge is -2.17. The van der Waals surface area contributed by atoms with Crippen LogP contribution in [0.3, 0.4) is 0 Å². The molecule has 0 saturated carbocycles. The molecule has 1 aromatic carbocycles. The second-order valence-corrected chi connectivity index (χ2v) is 4.70. The first kappa shape index (κ1) is 14.5. The number of rotatable bonds is 5. The smallest absolute Gasteiger partial charge is 0.145 e. The monoisotopic (exact) mass is 274 g/mol. The SMILES string of the molecule is CCNC(C)c1cc(F)ccc1Oc1ccc(C)nc1. The van der Waals surface area contributed by atoms with Crippen molar-refractivity contribution in [3.63, 3.8) is 0 Å². The molecular formula is C16H19FN2O. The molecule has 3 nitrogen and oxygen atoms in total. The topological polar surface area (TPSA) is 34.1 Å². The zero-order valence-electron chi connectivity index (χ0n) is 12.0. The van der Waals surface area contributed by atoms with E-state index in [1.165, 1.54) is 12.1 Å². The van der Waals surface area contributed by atoms with Gasteiger partial charge in [0, 0.05) is 17.3 Å². The Morgan fingerprint density at radius 1 is 1.30 bits per heavy atom. The van der Waals surface area contributed by atoms with E-state index in [0.29, 0.717) is 11.5 Å². The molecule has 106 valence electrons. The Morgan fingerprint density at radius 3 is 2.75 bits per heavy atom. The molecule has 2 aromatic rings. The number of pyridine rings is 1. The highest BCUT2D eigenvalue weighted by Gasteiger charge is 2.13. The first-order valence-corrected chi connectivity index (χ1v) is 6.73. The van der Waals surface area contributed by atoms with E-state index in [2.05, 4.69) is 10.3 Å². The zero-order valence-corrected chi connectivity index (χ0v) is 12.0. The number of nitrogens with zero attached hydrogens (tertiary/aromatic N) is 1. The van der Waals surface area contributed by atoms with Gasteiger partial charge in [-0.15, -0.1) is 0 Å². The molecule has 0 aliphatic rings. The molecule has 1 atom stereocenters. The minimum Gasteiger partial charge on any atom is -0.455 e. The summed E-state index contributed by atoms with van der Waals surface area (Å²) in [6.45, 7) is 6.72. The second kappa shape index (κ2) is 6.48. The van der Waals surface area contributed by atoms with Gasteiger partial charge in [-0.2, -0.15) is 0 Å². The highest BCUT2D eigenvalue weighted by Crippen LogP contribution is 2.30. The van der Waals surface area contributed by atoms with Crippen molar-refractivity contribution in [2.75, 3.05) is 6.54 Å². The minimum atomic E-state index is -0.265. The highest BCUT2D eigenvalue weighted by atomic mass is 19.1. The van der Waals surface area contributed by atoms with Crippen molar-refractivity contribution in [3.05, 3.63) is 53.6 Å². The molecule has 0 aliphatic heterocycles. The van der Waals surface area contributed by atoms with Crippen molar-refractivity contribution in [3.8, 4) is 11.5 Å². The van der Waals surface area contributed by atoms with Crippen LogP contribution in [-0.4, -0.2) is 11.5 Å². The Kier molecular flexibility index (Phi) is 4.69. The lowest BCUT2D eigenvalue weighted by Crippen LogP contribution is -2.18. The quantitative estimate of drug-likeness (QED) is 0.895. The van der Waals surface area contributed by atoms with E-state index in [-0.39, 0.29) is 11.9 Å². The van der Waals surface area contributed by atoms with Crippen LogP contribution < -0.4 is 10.1 Å². The Bertz CT molecular complexity index is 569. The standard InChI is InChI=1S/C16H19FN2O/c1-4-18-12(3)15-9-13(17)6-8-16(15)20-14-7-5-11(2)19-10-14/h5-10,12,18H,4H2,1-3H3. The fourth-order valence-corrected chi connectivity index (χ4v) is 2.01. The summed E-state index contributed by atoms with van der Waals surface area (Å²) in [4.78, 5) is 4.19. The maximum Gasteiger partial charge on any atom is 0.145 e. The molecular weight excluding hydrogens is 255 g/mol. The van der Waals surface area contributed by atoms with Gasteiger partial charge in [-0.25, -0.2) is 4.39 Å². The molecule has 4 heteroatoms. The lowest BCUT2D eigenvalue weighted by molar-refractivity contribution is 0.457. The first-order chi connectivity index (χ1) is 9.60. The summed E-state index contributed by atoms with van der Waals surface area (Å²) in [5.41, 5.74) is 1.73. The van der Waals surface area contributed by atoms with Gasteiger partial charge in [0.25, 0.3) is 0 Å². The molecule has 1 heterocycles. The normalized spacial score (nSPS) is 12.2. The van der Waals surface area contributed by atoms with E-state index < -0.39 is 0 Å². The number of ether oxygens (including phenoxy) is 1. The zero-order chi connectivity index (χ0) is 14.5. The van der Waals surface area contributed by atoms with E-state index in [1.807, 2.05) is 32.9 Å². The second-order valence-electron chi connectivity index (χ2n) is 4.70. The number of hydrogen-bond donors (Lipinski definition) is 1. The van der Waals surface area contributed by atoms with Gasteiger partial charge >= 0.3 is 0 Å². The maximum atomic E-state index is 13.4. The van der Waals surface area contributed by atoms with Crippen molar-refractivity contribution in [2.24, 2.45) is 0 Å². The summed E-state index contributed by atoms with van der Waals surface area (Å²) < 4.78 is 19.3. The van der Waals surface area contributed by atoms with Gasteiger partial charge in [-0.1, -0.05) is 6.92 Å². The number of aryl methyl sites for hydroxylation is 1. The highest BCUT2D eigenvalue weighted by molar-refractivity contribution is 5.39. The van der Waals surface area contributed by atoms with Gasteiger partial charge in [-0.3, -0.25) is 4.98 Å². The summed E-state index contributed by atoms with van der Waals surface area (Å²) >= 11 is 0. The number of nitrogens with one attached hydrogen (secondary N) is 1. The lowest BCUT2D eigenvalue weighted by atomic mass is 10.1. The van der Waals surface area contributed by atoms with Crippen LogP contribution in [0.25, 0.3) is 0 Å². The number of halogens is 1. The third-order valence-electron chi connectivity index (χ3n) is 3.06. The Morgan fingerprint density at radius 2 is 2.10 bits per heavy atom. The van der Waals surface area contributed by atoms with Gasteiger partial charge in [0.1, 0.15) is 17.3 Å². The van der Waals surface area contributed by atoms with Crippen molar-refractivity contribution in [1.29, 1.82) is 0 Å². The predicted octanol–water partition coefficient (Wildman–Crippen LogP) is 3.99. The molecule has 0 aliphatic carbocycles. The summed E-state index contributed by atoms with van der Waals surface area (Å²) in [7, 11) is 0. The summed E-state index contributed by atoms with van der Waals surface area (Å²) in [6.07, 6.45) is 1.67. The van der Waals surface area contributed by atoms with Crippen molar-refractivity contribution in [2.45, 2.75) is 26.8 Å². The van der Waals surface area contributed by atoms with Crippen LogP contribution in [0.15, 0.2) is 36.5 Å². The first-order valence-electron chi connectivity index (χ1n) is 6.73. The van der Waals surface area contributed by atoms with Crippen LogP contribution in [0.5, 0.6) is 11.5 Å². The van der Waals surface area contributed by atoms with Gasteiger partial charge in [-0.05, 0) is 50.7 Å². The molecule has 1 N–H and O–H groups in total. The van der Waals surface area contributed by atoms with Gasteiger partial charge in [0.05, 0.1) is 6.20 Å². The third kappa shape index (κ3) is 3.54. The van der Waals surface area contributed by atoms with Crippen LogP contribution >= 0.6 is 0 Å². The van der Waals surface area contributed by atoms with Gasteiger partial charge in [0.2, 0.25) is 0 Å². The molecule has 0 saturated heterocycles. The molecule has 0 bridgehead atoms. The van der Waals surface area contributed by atoms with E-state index in [9.17, 15) is 4.39 Å². The van der Waals surface area contributed by atoms with Crippen molar-refractivity contribution < 1.29 is 9.13 Å². The van der Waals surface area contributed by atoms with E-state index in [0.717, 1.165) is 17.8 Å². The number of hydrogen-bond acceptors (Lipinski definition) is 3. The summed E-state index contributed by atoms with van der Waals surface area (Å²) in [5, 5.41) is 3.26. The van der Waals surface area contributed by atoms with Crippen LogP contribution in [0.2, 0.25) is 0 Å². The summed E-state index contributed by atoms with van der Waals surface area (Å²) in [5.74, 6) is 1.02. The molecule has 2 rings (SSSR count). The molecule has 1 unspecified atom stereocenters.